The minimum Gasteiger partial charge on any atom is -0.493 e. The van der Waals surface area contributed by atoms with Gasteiger partial charge in [0.15, 0.2) is 17.5 Å². The Morgan fingerprint density at radius 3 is 2.61 bits per heavy atom. The van der Waals surface area contributed by atoms with Gasteiger partial charge in [0.2, 0.25) is 0 Å². The lowest BCUT2D eigenvalue weighted by atomic mass is 10.2. The number of nitrogens with two attached hydrogens (primary N) is 1. The quantitative estimate of drug-likeness (QED) is 0.613. The van der Waals surface area contributed by atoms with E-state index in [9.17, 15) is 4.39 Å². The summed E-state index contributed by atoms with van der Waals surface area (Å²) in [6.07, 6.45) is 0. The van der Waals surface area contributed by atoms with Crippen LogP contribution in [0.25, 0.3) is 0 Å². The van der Waals surface area contributed by atoms with Crippen LogP contribution in [0.1, 0.15) is 5.56 Å². The second-order valence-corrected chi connectivity index (χ2v) is 5.49. The van der Waals surface area contributed by atoms with Gasteiger partial charge in [0.1, 0.15) is 5.82 Å². The molecule has 2 aromatic carbocycles. The Labute approximate surface area is 142 Å². The first-order chi connectivity index (χ1) is 11.0. The SMILES string of the molecule is COc1ccc(NC(N)=NCc2cc(F)ccc2Br)cc1OC. The molecule has 23 heavy (non-hydrogen) atoms. The molecule has 0 saturated heterocycles. The number of rotatable bonds is 5. The summed E-state index contributed by atoms with van der Waals surface area (Å²) < 4.78 is 24.4. The van der Waals surface area contributed by atoms with Gasteiger partial charge in [-0.1, -0.05) is 15.9 Å². The largest absolute Gasteiger partial charge is 0.493 e. The Morgan fingerprint density at radius 2 is 1.91 bits per heavy atom. The summed E-state index contributed by atoms with van der Waals surface area (Å²) in [5, 5.41) is 2.96. The van der Waals surface area contributed by atoms with Gasteiger partial charge in [-0.25, -0.2) is 9.38 Å². The molecule has 0 aliphatic heterocycles. The maximum atomic E-state index is 13.2. The van der Waals surface area contributed by atoms with Crippen LogP contribution in [0.3, 0.4) is 0 Å². The van der Waals surface area contributed by atoms with E-state index in [1.807, 2.05) is 0 Å². The van der Waals surface area contributed by atoms with E-state index >= 15 is 0 Å². The van der Waals surface area contributed by atoms with Crippen molar-refractivity contribution in [1.29, 1.82) is 0 Å². The molecule has 7 heteroatoms. The summed E-state index contributed by atoms with van der Waals surface area (Å²) in [6, 6.07) is 9.73. The van der Waals surface area contributed by atoms with Crippen LogP contribution < -0.4 is 20.5 Å². The maximum absolute atomic E-state index is 13.2. The molecular formula is C16H17BrFN3O2. The van der Waals surface area contributed by atoms with E-state index in [2.05, 4.69) is 26.2 Å². The number of anilines is 1. The molecule has 0 radical (unpaired) electrons. The van der Waals surface area contributed by atoms with Crippen LogP contribution in [0.15, 0.2) is 45.9 Å². The summed E-state index contributed by atoms with van der Waals surface area (Å²) in [6.45, 7) is 0.254. The number of hydrogen-bond acceptors (Lipinski definition) is 3. The van der Waals surface area contributed by atoms with Crippen molar-refractivity contribution in [2.75, 3.05) is 19.5 Å². The van der Waals surface area contributed by atoms with Crippen molar-refractivity contribution in [1.82, 2.24) is 0 Å². The van der Waals surface area contributed by atoms with Crippen molar-refractivity contribution < 1.29 is 13.9 Å². The van der Waals surface area contributed by atoms with Gasteiger partial charge in [0.05, 0.1) is 20.8 Å². The van der Waals surface area contributed by atoms with Crippen LogP contribution in [-0.2, 0) is 6.54 Å². The van der Waals surface area contributed by atoms with Crippen molar-refractivity contribution >= 4 is 27.6 Å². The van der Waals surface area contributed by atoms with Crippen LogP contribution in [0, 0.1) is 5.82 Å². The predicted octanol–water partition coefficient (Wildman–Crippen LogP) is 3.53. The Balaban J connectivity index is 2.09. The van der Waals surface area contributed by atoms with Gasteiger partial charge >= 0.3 is 0 Å². The molecule has 122 valence electrons. The molecule has 0 fully saturated rings. The average Bonchev–Trinajstić information content (AvgIpc) is 2.55. The molecule has 0 atom stereocenters. The van der Waals surface area contributed by atoms with Crippen molar-refractivity contribution in [3.8, 4) is 11.5 Å². The maximum Gasteiger partial charge on any atom is 0.193 e. The molecule has 0 saturated carbocycles. The highest BCUT2D eigenvalue weighted by Gasteiger charge is 2.06. The number of nitrogens with one attached hydrogen (secondary N) is 1. The molecule has 2 rings (SSSR count). The lowest BCUT2D eigenvalue weighted by Crippen LogP contribution is -2.22. The van der Waals surface area contributed by atoms with Gasteiger partial charge in [-0.3, -0.25) is 0 Å². The fraction of sp³-hybridized carbons (Fsp3) is 0.188. The minimum atomic E-state index is -0.315. The zero-order chi connectivity index (χ0) is 16.8. The lowest BCUT2D eigenvalue weighted by molar-refractivity contribution is 0.355. The molecule has 0 bridgehead atoms. The van der Waals surface area contributed by atoms with Gasteiger partial charge in [-0.05, 0) is 35.9 Å². The number of aliphatic imine (C=N–C) groups is 1. The summed E-state index contributed by atoms with van der Waals surface area (Å²) >= 11 is 3.35. The molecular weight excluding hydrogens is 365 g/mol. The highest BCUT2D eigenvalue weighted by molar-refractivity contribution is 9.10. The Morgan fingerprint density at radius 1 is 1.17 bits per heavy atom. The third-order valence-electron chi connectivity index (χ3n) is 3.08. The van der Waals surface area contributed by atoms with Crippen molar-refractivity contribution in [2.45, 2.75) is 6.54 Å². The fourth-order valence-electron chi connectivity index (χ4n) is 1.94. The molecule has 5 nitrogen and oxygen atoms in total. The summed E-state index contributed by atoms with van der Waals surface area (Å²) in [4.78, 5) is 4.20. The zero-order valence-electron chi connectivity index (χ0n) is 12.8. The number of methoxy groups -OCH3 is 2. The predicted molar refractivity (Wildman–Crippen MR) is 92.6 cm³/mol. The van der Waals surface area contributed by atoms with E-state index in [1.54, 1.807) is 38.5 Å². The highest BCUT2D eigenvalue weighted by atomic mass is 79.9. The number of nitrogens with zero attached hydrogens (tertiary/aromatic N) is 1. The summed E-state index contributed by atoms with van der Waals surface area (Å²) in [7, 11) is 3.12. The van der Waals surface area contributed by atoms with Gasteiger partial charge in [-0.15, -0.1) is 0 Å². The molecule has 0 aromatic heterocycles. The van der Waals surface area contributed by atoms with Crippen LogP contribution in [-0.4, -0.2) is 20.2 Å². The number of benzene rings is 2. The molecule has 0 spiro atoms. The van der Waals surface area contributed by atoms with Gasteiger partial charge in [0.25, 0.3) is 0 Å². The number of ether oxygens (including phenoxy) is 2. The third kappa shape index (κ3) is 4.59. The first-order valence-corrected chi connectivity index (χ1v) is 7.55. The van der Waals surface area contributed by atoms with Crippen LogP contribution in [0.4, 0.5) is 10.1 Å². The van der Waals surface area contributed by atoms with Crippen LogP contribution >= 0.6 is 15.9 Å². The molecule has 0 aliphatic rings. The normalized spacial score (nSPS) is 11.2. The molecule has 3 N–H and O–H groups in total. The number of halogens is 2. The summed E-state index contributed by atoms with van der Waals surface area (Å²) in [5.41, 5.74) is 7.28. The lowest BCUT2D eigenvalue weighted by Gasteiger charge is -2.11. The van der Waals surface area contributed by atoms with Crippen LogP contribution in [0.2, 0.25) is 0 Å². The van der Waals surface area contributed by atoms with Crippen molar-refractivity contribution in [3.63, 3.8) is 0 Å². The van der Waals surface area contributed by atoms with Crippen LogP contribution in [0.5, 0.6) is 11.5 Å². The standard InChI is InChI=1S/C16H17BrFN3O2/c1-22-14-6-4-12(8-15(14)23-2)21-16(19)20-9-10-7-11(18)3-5-13(10)17/h3-8H,9H2,1-2H3,(H3,19,20,21). The zero-order valence-corrected chi connectivity index (χ0v) is 14.4. The molecule has 0 aliphatic carbocycles. The second-order valence-electron chi connectivity index (χ2n) is 4.63. The van der Waals surface area contributed by atoms with E-state index < -0.39 is 0 Å². The minimum absolute atomic E-state index is 0.216. The second kappa shape index (κ2) is 7.82. The monoisotopic (exact) mass is 381 g/mol. The van der Waals surface area contributed by atoms with E-state index in [4.69, 9.17) is 15.2 Å². The van der Waals surface area contributed by atoms with E-state index in [-0.39, 0.29) is 18.3 Å². The van der Waals surface area contributed by atoms with Crippen molar-refractivity contribution in [2.24, 2.45) is 10.7 Å². The average molecular weight is 382 g/mol. The smallest absolute Gasteiger partial charge is 0.193 e. The molecule has 2 aromatic rings. The van der Waals surface area contributed by atoms with Gasteiger partial charge < -0.3 is 20.5 Å². The molecule has 0 unspecified atom stereocenters. The van der Waals surface area contributed by atoms with E-state index in [0.717, 1.165) is 4.47 Å². The summed E-state index contributed by atoms with van der Waals surface area (Å²) in [5.74, 6) is 1.11. The van der Waals surface area contributed by atoms with Gasteiger partial charge in [-0.2, -0.15) is 0 Å². The highest BCUT2D eigenvalue weighted by Crippen LogP contribution is 2.29. The molecule has 0 heterocycles. The van der Waals surface area contributed by atoms with Crippen molar-refractivity contribution in [3.05, 3.63) is 52.3 Å². The number of hydrogen-bond donors (Lipinski definition) is 2. The number of guanidine groups is 1. The Bertz CT molecular complexity index is 722. The molecule has 0 amide bonds. The van der Waals surface area contributed by atoms with Gasteiger partial charge in [0, 0.05) is 16.2 Å². The Hall–Kier alpha value is -2.28. The third-order valence-corrected chi connectivity index (χ3v) is 3.86. The Kier molecular flexibility index (Phi) is 5.81. The van der Waals surface area contributed by atoms with E-state index in [1.165, 1.54) is 12.1 Å². The van der Waals surface area contributed by atoms with E-state index in [0.29, 0.717) is 22.7 Å². The topological polar surface area (TPSA) is 68.9 Å². The fourth-order valence-corrected chi connectivity index (χ4v) is 2.31. The first kappa shape index (κ1) is 17.1. The first-order valence-electron chi connectivity index (χ1n) is 6.76.